The molecule has 2 aromatic rings. The fourth-order valence-corrected chi connectivity index (χ4v) is 3.69. The topological polar surface area (TPSA) is 48.9 Å². The van der Waals surface area contributed by atoms with E-state index in [1.54, 1.807) is 13.2 Å². The molecule has 0 spiro atoms. The second-order valence-electron chi connectivity index (χ2n) is 7.15. The zero-order valence-corrected chi connectivity index (χ0v) is 15.8. The summed E-state index contributed by atoms with van der Waals surface area (Å²) in [7, 11) is 1.73. The van der Waals surface area contributed by atoms with E-state index in [1.807, 2.05) is 0 Å². The highest BCUT2D eigenvalue weighted by Gasteiger charge is 2.26. The number of hydrogen-bond donors (Lipinski definition) is 2. The SMILES string of the molecule is COCC[C@H]1CN(C2=Nc3cc(F)ccc3Nc3ccc(C)cc32)CCN1. The summed E-state index contributed by atoms with van der Waals surface area (Å²) in [5.74, 6) is 0.619. The van der Waals surface area contributed by atoms with Crippen molar-refractivity contribution in [3.8, 4) is 0 Å². The molecule has 2 aromatic carbocycles. The number of halogens is 1. The van der Waals surface area contributed by atoms with Crippen LogP contribution in [-0.4, -0.2) is 50.1 Å². The Hall–Kier alpha value is -2.44. The second-order valence-corrected chi connectivity index (χ2v) is 7.15. The molecule has 4 rings (SSSR count). The first-order chi connectivity index (χ1) is 13.1. The fourth-order valence-electron chi connectivity index (χ4n) is 3.69. The van der Waals surface area contributed by atoms with Crippen molar-refractivity contribution in [3.63, 3.8) is 0 Å². The summed E-state index contributed by atoms with van der Waals surface area (Å²) in [5, 5.41) is 6.98. The minimum Gasteiger partial charge on any atom is -0.385 e. The van der Waals surface area contributed by atoms with Crippen molar-refractivity contribution in [3.05, 3.63) is 53.3 Å². The van der Waals surface area contributed by atoms with Crippen LogP contribution in [0.25, 0.3) is 0 Å². The molecule has 0 aliphatic carbocycles. The number of anilines is 2. The average molecular weight is 368 g/mol. The summed E-state index contributed by atoms with van der Waals surface area (Å²) in [4.78, 5) is 7.20. The number of ether oxygens (including phenoxy) is 1. The van der Waals surface area contributed by atoms with E-state index in [0.29, 0.717) is 11.7 Å². The van der Waals surface area contributed by atoms with Gasteiger partial charge >= 0.3 is 0 Å². The predicted octanol–water partition coefficient (Wildman–Crippen LogP) is 3.58. The monoisotopic (exact) mass is 368 g/mol. The summed E-state index contributed by atoms with van der Waals surface area (Å²) in [6.07, 6.45) is 0.949. The molecule has 0 saturated carbocycles. The van der Waals surface area contributed by atoms with Crippen molar-refractivity contribution >= 4 is 22.9 Å². The molecule has 2 aliphatic heterocycles. The Kier molecular flexibility index (Phi) is 5.09. The maximum Gasteiger partial charge on any atom is 0.138 e. The van der Waals surface area contributed by atoms with Crippen molar-refractivity contribution in [2.75, 3.05) is 38.7 Å². The van der Waals surface area contributed by atoms with Gasteiger partial charge in [-0.1, -0.05) is 11.6 Å². The van der Waals surface area contributed by atoms with Crippen LogP contribution in [0.3, 0.4) is 0 Å². The molecular weight excluding hydrogens is 343 g/mol. The first kappa shape index (κ1) is 17.9. The summed E-state index contributed by atoms with van der Waals surface area (Å²) in [6.45, 7) is 5.40. The van der Waals surface area contributed by atoms with Crippen molar-refractivity contribution in [1.29, 1.82) is 0 Å². The van der Waals surface area contributed by atoms with Crippen LogP contribution in [-0.2, 0) is 4.74 Å². The maximum absolute atomic E-state index is 13.9. The first-order valence-electron chi connectivity index (χ1n) is 9.37. The highest BCUT2D eigenvalue weighted by Crippen LogP contribution is 2.35. The molecule has 1 atom stereocenters. The Bertz CT molecular complexity index is 867. The van der Waals surface area contributed by atoms with E-state index in [2.05, 4.69) is 40.7 Å². The smallest absolute Gasteiger partial charge is 0.138 e. The number of benzene rings is 2. The highest BCUT2D eigenvalue weighted by molar-refractivity contribution is 6.07. The molecule has 0 aromatic heterocycles. The van der Waals surface area contributed by atoms with Gasteiger partial charge in [0, 0.05) is 56.7 Å². The van der Waals surface area contributed by atoms with E-state index in [0.717, 1.165) is 55.4 Å². The number of methoxy groups -OCH3 is 1. The zero-order chi connectivity index (χ0) is 18.8. The Morgan fingerprint density at radius 2 is 2.07 bits per heavy atom. The van der Waals surface area contributed by atoms with Gasteiger partial charge in [-0.25, -0.2) is 9.38 Å². The van der Waals surface area contributed by atoms with Gasteiger partial charge in [-0.3, -0.25) is 0 Å². The van der Waals surface area contributed by atoms with Gasteiger partial charge in [-0.05, 0) is 37.6 Å². The third-order valence-corrected chi connectivity index (χ3v) is 5.10. The van der Waals surface area contributed by atoms with E-state index < -0.39 is 0 Å². The second kappa shape index (κ2) is 7.66. The van der Waals surface area contributed by atoms with Crippen LogP contribution in [0.5, 0.6) is 0 Å². The Labute approximate surface area is 159 Å². The summed E-state index contributed by atoms with van der Waals surface area (Å²) < 4.78 is 19.1. The van der Waals surface area contributed by atoms with Crippen molar-refractivity contribution in [2.45, 2.75) is 19.4 Å². The number of hydrogen-bond acceptors (Lipinski definition) is 5. The van der Waals surface area contributed by atoms with Crippen molar-refractivity contribution in [2.24, 2.45) is 4.99 Å². The molecule has 6 heteroatoms. The number of nitrogens with zero attached hydrogens (tertiary/aromatic N) is 2. The predicted molar refractivity (Wildman–Crippen MR) is 107 cm³/mol. The lowest BCUT2D eigenvalue weighted by Gasteiger charge is -2.36. The number of piperazine rings is 1. The van der Waals surface area contributed by atoms with Gasteiger partial charge < -0.3 is 20.3 Å². The van der Waals surface area contributed by atoms with Gasteiger partial charge in [0.05, 0.1) is 11.4 Å². The van der Waals surface area contributed by atoms with Gasteiger partial charge in [-0.2, -0.15) is 0 Å². The van der Waals surface area contributed by atoms with Crippen molar-refractivity contribution in [1.82, 2.24) is 10.2 Å². The fraction of sp³-hybridized carbons (Fsp3) is 0.381. The van der Waals surface area contributed by atoms with Gasteiger partial charge in [0.2, 0.25) is 0 Å². The number of nitrogens with one attached hydrogen (secondary N) is 2. The van der Waals surface area contributed by atoms with Gasteiger partial charge in [0.1, 0.15) is 11.7 Å². The van der Waals surface area contributed by atoms with Crippen LogP contribution < -0.4 is 10.6 Å². The minimum atomic E-state index is -0.279. The molecule has 2 heterocycles. The van der Waals surface area contributed by atoms with Crippen LogP contribution in [0, 0.1) is 12.7 Å². The Morgan fingerprint density at radius 1 is 1.22 bits per heavy atom. The van der Waals surface area contributed by atoms with E-state index in [4.69, 9.17) is 9.73 Å². The number of fused-ring (bicyclic) bond motifs is 2. The summed E-state index contributed by atoms with van der Waals surface area (Å²) >= 11 is 0. The third-order valence-electron chi connectivity index (χ3n) is 5.10. The molecule has 0 bridgehead atoms. The lowest BCUT2D eigenvalue weighted by Crippen LogP contribution is -2.53. The zero-order valence-electron chi connectivity index (χ0n) is 15.8. The van der Waals surface area contributed by atoms with Crippen LogP contribution in [0.15, 0.2) is 41.4 Å². The largest absolute Gasteiger partial charge is 0.385 e. The van der Waals surface area contributed by atoms with E-state index in [1.165, 1.54) is 17.7 Å². The lowest BCUT2D eigenvalue weighted by atomic mass is 10.1. The van der Waals surface area contributed by atoms with Gasteiger partial charge in [0.15, 0.2) is 0 Å². The van der Waals surface area contributed by atoms with Gasteiger partial charge in [-0.15, -0.1) is 0 Å². The van der Waals surface area contributed by atoms with E-state index in [-0.39, 0.29) is 5.82 Å². The molecule has 5 nitrogen and oxygen atoms in total. The van der Waals surface area contributed by atoms with Gasteiger partial charge in [0.25, 0.3) is 0 Å². The summed E-state index contributed by atoms with van der Waals surface area (Å²) in [5.41, 5.74) is 4.68. The number of amidine groups is 1. The molecule has 27 heavy (non-hydrogen) atoms. The van der Waals surface area contributed by atoms with Crippen molar-refractivity contribution < 1.29 is 9.13 Å². The average Bonchev–Trinajstić information content (AvgIpc) is 2.83. The van der Waals surface area contributed by atoms with Crippen LogP contribution in [0.1, 0.15) is 17.5 Å². The molecule has 2 N–H and O–H groups in total. The third kappa shape index (κ3) is 3.82. The molecule has 2 aliphatic rings. The molecule has 0 unspecified atom stereocenters. The molecular formula is C21H25FN4O. The highest BCUT2D eigenvalue weighted by atomic mass is 19.1. The maximum atomic E-state index is 13.9. The number of aliphatic imine (C=N–C) groups is 1. The number of rotatable bonds is 3. The number of aryl methyl sites for hydroxylation is 1. The van der Waals surface area contributed by atoms with Crippen LogP contribution >= 0.6 is 0 Å². The first-order valence-corrected chi connectivity index (χ1v) is 9.37. The van der Waals surface area contributed by atoms with E-state index in [9.17, 15) is 4.39 Å². The normalized spacial score (nSPS) is 18.9. The summed E-state index contributed by atoms with van der Waals surface area (Å²) in [6, 6.07) is 11.4. The molecule has 1 saturated heterocycles. The van der Waals surface area contributed by atoms with Crippen LogP contribution in [0.2, 0.25) is 0 Å². The Morgan fingerprint density at radius 3 is 2.93 bits per heavy atom. The molecule has 1 fully saturated rings. The molecule has 142 valence electrons. The van der Waals surface area contributed by atoms with Crippen LogP contribution in [0.4, 0.5) is 21.5 Å². The quantitative estimate of drug-likeness (QED) is 0.869. The molecule has 0 amide bonds. The van der Waals surface area contributed by atoms with E-state index >= 15 is 0 Å². The molecule has 0 radical (unpaired) electrons. The standard InChI is InChI=1S/C21H25FN4O/c1-14-3-5-18-17(11-14)21(25-20-12-15(22)4-6-19(20)24-18)26-9-8-23-16(13-26)7-10-27-2/h3-6,11-12,16,23-24H,7-10,13H2,1-2H3/t16-/m0/s1. The lowest BCUT2D eigenvalue weighted by molar-refractivity contribution is 0.168. The Balaban J connectivity index is 1.75. The minimum absolute atomic E-state index is 0.279.